The van der Waals surface area contributed by atoms with Gasteiger partial charge >= 0.3 is 6.09 Å². The predicted molar refractivity (Wildman–Crippen MR) is 115 cm³/mol. The quantitative estimate of drug-likeness (QED) is 0.463. The summed E-state index contributed by atoms with van der Waals surface area (Å²) >= 11 is 0. The van der Waals surface area contributed by atoms with Gasteiger partial charge in [-0.15, -0.1) is 0 Å². The third kappa shape index (κ3) is 6.79. The van der Waals surface area contributed by atoms with E-state index in [1.165, 1.54) is 25.9 Å². The molecule has 10 nitrogen and oxygen atoms in total. The summed E-state index contributed by atoms with van der Waals surface area (Å²) in [5.74, 6) is -1.37. The van der Waals surface area contributed by atoms with Crippen LogP contribution in [0.2, 0.25) is 0 Å². The van der Waals surface area contributed by atoms with E-state index < -0.39 is 48.0 Å². The molecule has 1 heterocycles. The van der Waals surface area contributed by atoms with Crippen molar-refractivity contribution in [2.45, 2.75) is 57.3 Å². The number of hydrogen-bond donors (Lipinski definition) is 3. The van der Waals surface area contributed by atoms with E-state index in [0.717, 1.165) is 5.56 Å². The summed E-state index contributed by atoms with van der Waals surface area (Å²) in [7, 11) is 1.18. The number of ether oxygens (including phenoxy) is 1. The Labute approximate surface area is 187 Å². The van der Waals surface area contributed by atoms with Crippen LogP contribution in [0.15, 0.2) is 30.3 Å². The smallest absolute Gasteiger partial charge is 0.407 e. The largest absolute Gasteiger partial charge is 0.453 e. The fraction of sp³-hybridized carbons (Fsp3) is 0.500. The van der Waals surface area contributed by atoms with Crippen molar-refractivity contribution in [1.82, 2.24) is 20.9 Å². The van der Waals surface area contributed by atoms with Gasteiger partial charge in [0.1, 0.15) is 24.4 Å². The lowest BCUT2D eigenvalue weighted by atomic mass is 10.1. The van der Waals surface area contributed by atoms with Crippen molar-refractivity contribution in [2.24, 2.45) is 0 Å². The fourth-order valence-corrected chi connectivity index (χ4v) is 3.53. The minimum absolute atomic E-state index is 0.355. The highest BCUT2D eigenvalue weighted by atomic mass is 16.5. The highest BCUT2D eigenvalue weighted by molar-refractivity contribution is 5.94. The van der Waals surface area contributed by atoms with Crippen LogP contribution in [-0.2, 0) is 30.3 Å². The molecule has 174 valence electrons. The Kier molecular flexibility index (Phi) is 9.18. The second kappa shape index (κ2) is 11.8. The topological polar surface area (TPSA) is 134 Å². The number of likely N-dealkylation sites (tertiary alicyclic amines) is 1. The highest BCUT2D eigenvalue weighted by Crippen LogP contribution is 2.19. The molecule has 0 saturated carbocycles. The molecule has 3 N–H and O–H groups in total. The molecule has 0 spiro atoms. The van der Waals surface area contributed by atoms with E-state index >= 15 is 0 Å². The number of rotatable bonds is 9. The van der Waals surface area contributed by atoms with Gasteiger partial charge in [0.25, 0.3) is 0 Å². The number of hydrogen-bond acceptors (Lipinski definition) is 6. The van der Waals surface area contributed by atoms with Crippen molar-refractivity contribution in [3.63, 3.8) is 0 Å². The monoisotopic (exact) mass is 446 g/mol. The van der Waals surface area contributed by atoms with Crippen molar-refractivity contribution < 1.29 is 28.7 Å². The predicted octanol–water partition coefficient (Wildman–Crippen LogP) is 0.153. The van der Waals surface area contributed by atoms with Gasteiger partial charge in [-0.25, -0.2) is 4.79 Å². The minimum Gasteiger partial charge on any atom is -0.453 e. The second-order valence-corrected chi connectivity index (χ2v) is 7.72. The van der Waals surface area contributed by atoms with E-state index in [2.05, 4.69) is 20.7 Å². The van der Waals surface area contributed by atoms with Crippen LogP contribution >= 0.6 is 0 Å². The standard InChI is InChI=1S/C22H30N4O6/c1-14(24-22(31)32-3)19(28)23-15(2)21(30)26-11-7-10-18(26)20(29)25-17(13-27)12-16-8-5-4-6-9-16/h4-6,8-9,13-15,17-18H,7,10-12H2,1-3H3,(H,23,28)(H,24,31)(H,25,29)/t14-,15-,17-,18-/m0/s1. The lowest BCUT2D eigenvalue weighted by Gasteiger charge is -2.28. The maximum atomic E-state index is 12.9. The molecule has 4 amide bonds. The molecular formula is C22H30N4O6. The number of alkyl carbamates (subject to hydrolysis) is 1. The summed E-state index contributed by atoms with van der Waals surface area (Å²) in [6.07, 6.45) is 1.38. The van der Waals surface area contributed by atoms with E-state index in [4.69, 9.17) is 0 Å². The Bertz CT molecular complexity index is 831. The molecule has 4 atom stereocenters. The molecule has 10 heteroatoms. The summed E-state index contributed by atoms with van der Waals surface area (Å²) in [4.78, 5) is 62.1. The van der Waals surface area contributed by atoms with Gasteiger partial charge in [-0.3, -0.25) is 14.4 Å². The van der Waals surface area contributed by atoms with Crippen molar-refractivity contribution in [3.05, 3.63) is 35.9 Å². The van der Waals surface area contributed by atoms with E-state index in [9.17, 15) is 24.0 Å². The molecule has 1 saturated heterocycles. The summed E-state index contributed by atoms with van der Waals surface area (Å²) in [6.45, 7) is 3.35. The minimum atomic E-state index is -0.901. The van der Waals surface area contributed by atoms with E-state index in [1.54, 1.807) is 0 Å². The molecule has 1 fully saturated rings. The van der Waals surface area contributed by atoms with Gasteiger partial charge in [0.05, 0.1) is 13.2 Å². The Hall–Kier alpha value is -3.43. The number of carbonyl (C=O) groups is 5. The lowest BCUT2D eigenvalue weighted by Crippen LogP contribution is -2.56. The molecule has 0 aliphatic carbocycles. The molecule has 2 rings (SSSR count). The SMILES string of the molecule is COC(=O)N[C@@H](C)C(=O)N[C@@H](C)C(=O)N1CCC[C@H]1C(=O)N[C@H](C=O)Cc1ccccc1. The molecule has 1 aromatic rings. The summed E-state index contributed by atoms with van der Waals surface area (Å²) in [6, 6.07) is 6.09. The highest BCUT2D eigenvalue weighted by Gasteiger charge is 2.37. The zero-order chi connectivity index (χ0) is 23.7. The molecule has 1 aliphatic heterocycles. The van der Waals surface area contributed by atoms with Crippen LogP contribution in [0, 0.1) is 0 Å². The molecular weight excluding hydrogens is 416 g/mol. The first-order chi connectivity index (χ1) is 15.3. The maximum Gasteiger partial charge on any atom is 0.407 e. The maximum absolute atomic E-state index is 12.9. The van der Waals surface area contributed by atoms with E-state index in [-0.39, 0.29) is 0 Å². The fourth-order valence-electron chi connectivity index (χ4n) is 3.53. The van der Waals surface area contributed by atoms with Crippen LogP contribution in [0.5, 0.6) is 0 Å². The molecule has 1 aliphatic rings. The number of methoxy groups -OCH3 is 1. The first-order valence-electron chi connectivity index (χ1n) is 10.5. The van der Waals surface area contributed by atoms with Crippen LogP contribution in [0.3, 0.4) is 0 Å². The van der Waals surface area contributed by atoms with Crippen LogP contribution < -0.4 is 16.0 Å². The number of benzene rings is 1. The Morgan fingerprint density at radius 2 is 1.78 bits per heavy atom. The van der Waals surface area contributed by atoms with Gasteiger partial charge in [-0.2, -0.15) is 0 Å². The Morgan fingerprint density at radius 1 is 1.09 bits per heavy atom. The van der Waals surface area contributed by atoms with Crippen molar-refractivity contribution >= 4 is 30.1 Å². The number of amides is 4. The molecule has 0 radical (unpaired) electrons. The lowest BCUT2D eigenvalue weighted by molar-refractivity contribution is -0.141. The average Bonchev–Trinajstić information content (AvgIpc) is 3.28. The van der Waals surface area contributed by atoms with Crippen LogP contribution in [0.4, 0.5) is 4.79 Å². The van der Waals surface area contributed by atoms with Crippen LogP contribution in [0.1, 0.15) is 32.3 Å². The van der Waals surface area contributed by atoms with E-state index in [1.807, 2.05) is 30.3 Å². The summed E-state index contributed by atoms with van der Waals surface area (Å²) in [5.41, 5.74) is 0.912. The first-order valence-corrected chi connectivity index (χ1v) is 10.5. The zero-order valence-corrected chi connectivity index (χ0v) is 18.5. The van der Waals surface area contributed by atoms with Crippen LogP contribution in [-0.4, -0.2) is 72.8 Å². The Balaban J connectivity index is 1.95. The average molecular weight is 447 g/mol. The van der Waals surface area contributed by atoms with Crippen LogP contribution in [0.25, 0.3) is 0 Å². The second-order valence-electron chi connectivity index (χ2n) is 7.72. The van der Waals surface area contributed by atoms with Gasteiger partial charge in [-0.05, 0) is 38.7 Å². The van der Waals surface area contributed by atoms with Gasteiger partial charge in [-0.1, -0.05) is 30.3 Å². The molecule has 1 aromatic carbocycles. The van der Waals surface area contributed by atoms with Gasteiger partial charge in [0, 0.05) is 6.54 Å². The van der Waals surface area contributed by atoms with Gasteiger partial charge in [0.2, 0.25) is 17.7 Å². The van der Waals surface area contributed by atoms with Gasteiger partial charge < -0.3 is 30.4 Å². The molecule has 0 unspecified atom stereocenters. The molecule has 0 aromatic heterocycles. The number of nitrogens with one attached hydrogen (secondary N) is 3. The molecule has 0 bridgehead atoms. The summed E-state index contributed by atoms with van der Waals surface area (Å²) < 4.78 is 4.45. The third-order valence-electron chi connectivity index (χ3n) is 5.27. The number of aldehydes is 1. The number of nitrogens with zero attached hydrogens (tertiary/aromatic N) is 1. The zero-order valence-electron chi connectivity index (χ0n) is 18.5. The first kappa shape index (κ1) is 24.8. The van der Waals surface area contributed by atoms with Gasteiger partial charge in [0.15, 0.2) is 0 Å². The Morgan fingerprint density at radius 3 is 2.41 bits per heavy atom. The summed E-state index contributed by atoms with van der Waals surface area (Å²) in [5, 5.41) is 7.58. The van der Waals surface area contributed by atoms with Crippen molar-refractivity contribution in [1.29, 1.82) is 0 Å². The van der Waals surface area contributed by atoms with Crippen molar-refractivity contribution in [2.75, 3.05) is 13.7 Å². The van der Waals surface area contributed by atoms with Crippen molar-refractivity contribution in [3.8, 4) is 0 Å². The normalized spacial score (nSPS) is 18.1. The number of carbonyl (C=O) groups excluding carboxylic acids is 5. The molecule has 32 heavy (non-hydrogen) atoms. The van der Waals surface area contributed by atoms with E-state index in [0.29, 0.717) is 32.1 Å². The third-order valence-corrected chi connectivity index (χ3v) is 5.27.